The molecule has 0 amide bonds. The number of nitrogens with one attached hydrogen (secondary N) is 1. The Hall–Kier alpha value is -2.24. The molecule has 2 N–H and O–H groups in total. The number of aliphatic hydroxyl groups excluding tert-OH is 1. The number of rotatable bonds is 2. The maximum atomic E-state index is 14.5. The molecule has 0 aromatic carbocycles. The van der Waals surface area contributed by atoms with E-state index in [1.165, 1.54) is 10.7 Å². The van der Waals surface area contributed by atoms with E-state index in [0.717, 1.165) is 0 Å². The highest BCUT2D eigenvalue weighted by atomic mass is 19.1. The van der Waals surface area contributed by atoms with Gasteiger partial charge in [-0.05, 0) is 6.42 Å². The molecule has 8 heteroatoms. The van der Waals surface area contributed by atoms with Crippen LogP contribution in [0.25, 0.3) is 5.52 Å². The predicted octanol–water partition coefficient (Wildman–Crippen LogP) is 1.60. The van der Waals surface area contributed by atoms with Crippen molar-refractivity contribution in [2.75, 3.05) is 18.5 Å². The van der Waals surface area contributed by atoms with Gasteiger partial charge in [0.15, 0.2) is 5.82 Å². The van der Waals surface area contributed by atoms with Gasteiger partial charge in [-0.1, -0.05) is 20.8 Å². The fourth-order valence-electron chi connectivity index (χ4n) is 2.93. The van der Waals surface area contributed by atoms with Gasteiger partial charge < -0.3 is 15.2 Å². The number of halogens is 1. The molecule has 2 aromatic rings. The number of fused-ring (bicyclic) bond motifs is 1. The third-order valence-corrected chi connectivity index (χ3v) is 4.09. The highest BCUT2D eigenvalue weighted by Crippen LogP contribution is 2.31. The molecule has 0 radical (unpaired) electrons. The summed E-state index contributed by atoms with van der Waals surface area (Å²) in [6, 6.07) is 1.70. The Labute approximate surface area is 139 Å². The second-order valence-electron chi connectivity index (χ2n) is 6.96. The maximum absolute atomic E-state index is 14.5. The normalized spacial score (nSPS) is 21.7. The Kier molecular flexibility index (Phi) is 4.15. The van der Waals surface area contributed by atoms with Gasteiger partial charge in [-0.25, -0.2) is 13.9 Å². The second-order valence-corrected chi connectivity index (χ2v) is 6.96. The summed E-state index contributed by atoms with van der Waals surface area (Å²) >= 11 is 0. The van der Waals surface area contributed by atoms with Crippen molar-refractivity contribution in [3.63, 3.8) is 0 Å². The number of nitriles is 1. The van der Waals surface area contributed by atoms with E-state index in [1.54, 1.807) is 0 Å². The fourth-order valence-corrected chi connectivity index (χ4v) is 2.93. The topological polar surface area (TPSA) is 95.5 Å². The van der Waals surface area contributed by atoms with Crippen LogP contribution in [0.3, 0.4) is 0 Å². The number of aromatic nitrogens is 3. The minimum absolute atomic E-state index is 0.0138. The van der Waals surface area contributed by atoms with Crippen LogP contribution in [0.5, 0.6) is 0 Å². The number of anilines is 1. The van der Waals surface area contributed by atoms with Crippen LogP contribution in [0.4, 0.5) is 10.3 Å². The SMILES string of the molecule is CC(C)(C)c1c(C#N)c(F)c2cnc(N[C@@H]3CCOC[C@H]3O)nn12. The first-order valence-corrected chi connectivity index (χ1v) is 7.83. The van der Waals surface area contributed by atoms with Crippen LogP contribution in [0.15, 0.2) is 6.20 Å². The van der Waals surface area contributed by atoms with Crippen LogP contribution in [0, 0.1) is 17.1 Å². The lowest BCUT2D eigenvalue weighted by Crippen LogP contribution is -2.42. The summed E-state index contributed by atoms with van der Waals surface area (Å²) in [5.41, 5.74) is 0.173. The van der Waals surface area contributed by atoms with Crippen molar-refractivity contribution in [3.05, 3.63) is 23.3 Å². The van der Waals surface area contributed by atoms with Gasteiger partial charge in [0.1, 0.15) is 17.1 Å². The van der Waals surface area contributed by atoms with Gasteiger partial charge in [0.25, 0.3) is 0 Å². The van der Waals surface area contributed by atoms with Crippen LogP contribution >= 0.6 is 0 Å². The van der Waals surface area contributed by atoms with Crippen LogP contribution in [-0.4, -0.2) is 45.1 Å². The van der Waals surface area contributed by atoms with Crippen molar-refractivity contribution >= 4 is 11.5 Å². The molecule has 1 aliphatic heterocycles. The highest BCUT2D eigenvalue weighted by Gasteiger charge is 2.29. The smallest absolute Gasteiger partial charge is 0.241 e. The first kappa shape index (κ1) is 16.6. The Morgan fingerprint density at radius 3 is 2.88 bits per heavy atom. The summed E-state index contributed by atoms with van der Waals surface area (Å²) in [5, 5.41) is 26.7. The fraction of sp³-hybridized carbons (Fsp3) is 0.562. The summed E-state index contributed by atoms with van der Waals surface area (Å²) in [6.07, 6.45) is 1.32. The molecule has 24 heavy (non-hydrogen) atoms. The van der Waals surface area contributed by atoms with E-state index >= 15 is 0 Å². The standard InChI is InChI=1S/C16H20FN5O2/c1-16(2,3)14-9(6-18)13(17)11-7-19-15(21-22(11)14)20-10-4-5-24-8-12(10)23/h7,10,12,23H,4-5,8H2,1-3H3,(H,20,21)/t10-,12-/m1/s1. The minimum Gasteiger partial charge on any atom is -0.389 e. The Morgan fingerprint density at radius 2 is 2.25 bits per heavy atom. The lowest BCUT2D eigenvalue weighted by molar-refractivity contribution is -0.0136. The molecule has 1 saturated heterocycles. The van der Waals surface area contributed by atoms with Gasteiger partial charge in [0.2, 0.25) is 5.95 Å². The van der Waals surface area contributed by atoms with Crippen LogP contribution in [-0.2, 0) is 10.2 Å². The molecule has 1 aliphatic rings. The maximum Gasteiger partial charge on any atom is 0.241 e. The summed E-state index contributed by atoms with van der Waals surface area (Å²) in [5.74, 6) is -0.335. The summed E-state index contributed by atoms with van der Waals surface area (Å²) in [4.78, 5) is 4.12. The van der Waals surface area contributed by atoms with Gasteiger partial charge in [-0.2, -0.15) is 5.26 Å². The quantitative estimate of drug-likeness (QED) is 0.867. The lowest BCUT2D eigenvalue weighted by Gasteiger charge is -2.28. The van der Waals surface area contributed by atoms with Gasteiger partial charge in [0.05, 0.1) is 30.6 Å². The first-order chi connectivity index (χ1) is 11.3. The second kappa shape index (κ2) is 6.00. The van der Waals surface area contributed by atoms with Crippen molar-refractivity contribution < 1.29 is 14.2 Å². The van der Waals surface area contributed by atoms with Crippen molar-refractivity contribution in [1.82, 2.24) is 14.6 Å². The van der Waals surface area contributed by atoms with Crippen molar-refractivity contribution in [2.24, 2.45) is 0 Å². The van der Waals surface area contributed by atoms with Gasteiger partial charge in [-0.15, -0.1) is 5.10 Å². The van der Waals surface area contributed by atoms with Crippen LogP contribution < -0.4 is 5.32 Å². The molecule has 128 valence electrons. The molecule has 2 atom stereocenters. The van der Waals surface area contributed by atoms with Crippen molar-refractivity contribution in [1.29, 1.82) is 5.26 Å². The van der Waals surface area contributed by atoms with E-state index in [9.17, 15) is 14.8 Å². The zero-order chi connectivity index (χ0) is 17.5. The first-order valence-electron chi connectivity index (χ1n) is 7.83. The lowest BCUT2D eigenvalue weighted by atomic mass is 9.90. The average molecular weight is 333 g/mol. The molecule has 1 fully saturated rings. The molecular formula is C16H20FN5O2. The molecule has 3 rings (SSSR count). The van der Waals surface area contributed by atoms with E-state index in [2.05, 4.69) is 15.4 Å². The summed E-state index contributed by atoms with van der Waals surface area (Å²) in [7, 11) is 0. The number of hydrogen-bond donors (Lipinski definition) is 2. The van der Waals surface area contributed by atoms with Crippen molar-refractivity contribution in [3.8, 4) is 6.07 Å². The number of aliphatic hydroxyl groups is 1. The molecule has 0 aliphatic carbocycles. The Balaban J connectivity index is 2.06. The molecule has 3 heterocycles. The van der Waals surface area contributed by atoms with Crippen molar-refractivity contribution in [2.45, 2.75) is 44.8 Å². The van der Waals surface area contributed by atoms with E-state index in [4.69, 9.17) is 4.74 Å². The van der Waals surface area contributed by atoms with Crippen LogP contribution in [0.1, 0.15) is 38.4 Å². The molecule has 0 bridgehead atoms. The van der Waals surface area contributed by atoms with Crippen LogP contribution in [0.2, 0.25) is 0 Å². The largest absolute Gasteiger partial charge is 0.389 e. The Bertz CT molecular complexity index is 805. The third kappa shape index (κ3) is 2.81. The predicted molar refractivity (Wildman–Crippen MR) is 85.2 cm³/mol. The van der Waals surface area contributed by atoms with Gasteiger partial charge in [0, 0.05) is 12.0 Å². The van der Waals surface area contributed by atoms with Gasteiger partial charge >= 0.3 is 0 Å². The Morgan fingerprint density at radius 1 is 1.50 bits per heavy atom. The van der Waals surface area contributed by atoms with Gasteiger partial charge in [-0.3, -0.25) is 0 Å². The number of ether oxygens (including phenoxy) is 1. The number of nitrogens with zero attached hydrogens (tertiary/aromatic N) is 4. The average Bonchev–Trinajstić information content (AvgIpc) is 2.81. The monoisotopic (exact) mass is 333 g/mol. The third-order valence-electron chi connectivity index (χ3n) is 4.09. The minimum atomic E-state index is -0.656. The molecular weight excluding hydrogens is 313 g/mol. The van der Waals surface area contributed by atoms with E-state index in [0.29, 0.717) is 18.7 Å². The summed E-state index contributed by atoms with van der Waals surface area (Å²) < 4.78 is 21.1. The summed E-state index contributed by atoms with van der Waals surface area (Å²) in [6.45, 7) is 6.48. The molecule has 0 unspecified atom stereocenters. The van der Waals surface area contributed by atoms with E-state index in [-0.39, 0.29) is 29.7 Å². The molecule has 2 aromatic heterocycles. The van der Waals surface area contributed by atoms with E-state index < -0.39 is 17.3 Å². The zero-order valence-electron chi connectivity index (χ0n) is 13.9. The number of hydrogen-bond acceptors (Lipinski definition) is 6. The molecule has 0 saturated carbocycles. The van der Waals surface area contributed by atoms with E-state index in [1.807, 2.05) is 26.8 Å². The highest BCUT2D eigenvalue weighted by molar-refractivity contribution is 5.59. The molecule has 0 spiro atoms. The zero-order valence-corrected chi connectivity index (χ0v) is 13.9. The molecule has 7 nitrogen and oxygen atoms in total.